The molecular weight excluding hydrogens is 409 g/mol. The number of halogens is 2. The predicted molar refractivity (Wildman–Crippen MR) is 103 cm³/mol. The molecule has 7 nitrogen and oxygen atoms in total. The van der Waals surface area contributed by atoms with E-state index in [1.54, 1.807) is 25.1 Å². The lowest BCUT2D eigenvalue weighted by Gasteiger charge is -2.31. The van der Waals surface area contributed by atoms with Crippen LogP contribution in [-0.2, 0) is 28.6 Å². The van der Waals surface area contributed by atoms with Crippen LogP contribution in [0.2, 0.25) is 10.0 Å². The second-order valence-electron chi connectivity index (χ2n) is 5.86. The first-order valence-electron chi connectivity index (χ1n) is 8.14. The highest BCUT2D eigenvalue weighted by Gasteiger charge is 2.40. The van der Waals surface area contributed by atoms with E-state index in [2.05, 4.69) is 5.32 Å². The molecule has 1 aliphatic rings. The molecule has 0 bridgehead atoms. The van der Waals surface area contributed by atoms with Crippen LogP contribution in [0.3, 0.4) is 0 Å². The van der Waals surface area contributed by atoms with Gasteiger partial charge in [0.15, 0.2) is 0 Å². The predicted octanol–water partition coefficient (Wildman–Crippen LogP) is 3.12. The van der Waals surface area contributed by atoms with Crippen LogP contribution < -0.4 is 5.32 Å². The number of rotatable bonds is 5. The molecule has 1 unspecified atom stereocenters. The Balaban J connectivity index is 2.84. The topological polar surface area (TPSA) is 90.9 Å². The molecule has 1 atom stereocenters. The van der Waals surface area contributed by atoms with Gasteiger partial charge < -0.3 is 19.5 Å². The largest absolute Gasteiger partial charge is 0.469 e. The van der Waals surface area contributed by atoms with Gasteiger partial charge in [-0.15, -0.1) is 0 Å². The normalized spacial score (nSPS) is 16.4. The Hall–Kier alpha value is -2.51. The molecule has 0 aliphatic carbocycles. The van der Waals surface area contributed by atoms with Gasteiger partial charge in [0.05, 0.1) is 44.8 Å². The van der Waals surface area contributed by atoms with Gasteiger partial charge in [-0.25, -0.2) is 9.59 Å². The van der Waals surface area contributed by atoms with Gasteiger partial charge in [0.1, 0.15) is 0 Å². The molecule has 0 aromatic heterocycles. The van der Waals surface area contributed by atoms with Crippen molar-refractivity contribution < 1.29 is 28.6 Å². The number of benzene rings is 1. The smallest absolute Gasteiger partial charge is 0.336 e. The number of carbonyl (C=O) groups is 3. The first kappa shape index (κ1) is 21.8. The molecule has 150 valence electrons. The highest BCUT2D eigenvalue weighted by atomic mass is 35.5. The summed E-state index contributed by atoms with van der Waals surface area (Å²) in [5.74, 6) is -3.00. The molecule has 1 aromatic rings. The minimum atomic E-state index is -0.998. The van der Waals surface area contributed by atoms with Crippen molar-refractivity contribution >= 4 is 41.1 Å². The summed E-state index contributed by atoms with van der Waals surface area (Å²) in [7, 11) is 3.65. The van der Waals surface area contributed by atoms with Gasteiger partial charge >= 0.3 is 17.9 Å². The third kappa shape index (κ3) is 4.15. The fourth-order valence-corrected chi connectivity index (χ4v) is 3.67. The number of nitrogens with one attached hydrogen (secondary N) is 1. The number of methoxy groups -OCH3 is 3. The zero-order valence-electron chi connectivity index (χ0n) is 15.7. The number of carbonyl (C=O) groups excluding carboxylic acids is 3. The molecule has 9 heteroatoms. The van der Waals surface area contributed by atoms with Crippen molar-refractivity contribution in [2.75, 3.05) is 21.3 Å². The number of hydrogen-bond acceptors (Lipinski definition) is 7. The molecule has 1 N–H and O–H groups in total. The summed E-state index contributed by atoms with van der Waals surface area (Å²) in [5, 5.41) is 3.41. The maximum Gasteiger partial charge on any atom is 0.336 e. The minimum Gasteiger partial charge on any atom is -0.469 e. The van der Waals surface area contributed by atoms with Crippen molar-refractivity contribution in [2.45, 2.75) is 19.3 Å². The molecule has 28 heavy (non-hydrogen) atoms. The third-order valence-corrected chi connectivity index (χ3v) is 4.95. The molecule has 0 radical (unpaired) electrons. The fraction of sp³-hybridized carbons (Fsp3) is 0.316. The van der Waals surface area contributed by atoms with Crippen LogP contribution in [0.25, 0.3) is 0 Å². The number of esters is 3. The molecular formula is C19H19Cl2NO6. The lowest BCUT2D eigenvalue weighted by molar-refractivity contribution is -0.139. The van der Waals surface area contributed by atoms with Crippen LogP contribution in [0.5, 0.6) is 0 Å². The van der Waals surface area contributed by atoms with E-state index in [1.807, 2.05) is 0 Å². The molecule has 0 saturated carbocycles. The highest BCUT2D eigenvalue weighted by molar-refractivity contribution is 6.36. The first-order chi connectivity index (χ1) is 13.3. The Kier molecular flexibility index (Phi) is 7.10. The Labute approximate surface area is 172 Å². The maximum absolute atomic E-state index is 12.7. The minimum absolute atomic E-state index is 0.0221. The summed E-state index contributed by atoms with van der Waals surface area (Å²) in [4.78, 5) is 37.1. The van der Waals surface area contributed by atoms with Crippen molar-refractivity contribution in [3.63, 3.8) is 0 Å². The van der Waals surface area contributed by atoms with Crippen molar-refractivity contribution in [2.24, 2.45) is 0 Å². The van der Waals surface area contributed by atoms with Crippen molar-refractivity contribution in [1.82, 2.24) is 5.32 Å². The molecule has 1 aliphatic heterocycles. The lowest BCUT2D eigenvalue weighted by atomic mass is 9.79. The second kappa shape index (κ2) is 9.12. The molecule has 0 spiro atoms. The van der Waals surface area contributed by atoms with Gasteiger partial charge in [-0.1, -0.05) is 29.3 Å². The van der Waals surface area contributed by atoms with Gasteiger partial charge in [-0.05, 0) is 19.1 Å². The van der Waals surface area contributed by atoms with Crippen LogP contribution in [0.15, 0.2) is 40.7 Å². The summed E-state index contributed by atoms with van der Waals surface area (Å²) in [5.41, 5.74) is 1.10. The Bertz CT molecular complexity index is 870. The molecule has 0 fully saturated rings. The summed E-state index contributed by atoms with van der Waals surface area (Å²) < 4.78 is 14.5. The molecule has 1 heterocycles. The number of dihydropyridines is 1. The number of ether oxygens (including phenoxy) is 3. The van der Waals surface area contributed by atoms with Crippen molar-refractivity contribution in [3.8, 4) is 0 Å². The van der Waals surface area contributed by atoms with Gasteiger partial charge in [0.25, 0.3) is 0 Å². The Morgan fingerprint density at radius 2 is 1.50 bits per heavy atom. The van der Waals surface area contributed by atoms with Crippen molar-refractivity contribution in [1.29, 1.82) is 0 Å². The van der Waals surface area contributed by atoms with Crippen LogP contribution in [0.4, 0.5) is 0 Å². The average molecular weight is 428 g/mol. The third-order valence-electron chi connectivity index (χ3n) is 4.29. The quantitative estimate of drug-likeness (QED) is 0.569. The van der Waals surface area contributed by atoms with E-state index >= 15 is 0 Å². The number of allylic oxidation sites excluding steroid dienone is 1. The van der Waals surface area contributed by atoms with Crippen LogP contribution >= 0.6 is 23.2 Å². The zero-order valence-corrected chi connectivity index (χ0v) is 17.2. The van der Waals surface area contributed by atoms with Crippen LogP contribution in [0.1, 0.15) is 24.8 Å². The summed E-state index contributed by atoms with van der Waals surface area (Å²) in [6, 6.07) is 4.81. The van der Waals surface area contributed by atoms with Gasteiger partial charge in [-0.3, -0.25) is 4.79 Å². The molecule has 1 aromatic carbocycles. The second-order valence-corrected chi connectivity index (χ2v) is 6.67. The van der Waals surface area contributed by atoms with Gasteiger partial charge in [0, 0.05) is 27.0 Å². The van der Waals surface area contributed by atoms with E-state index in [0.717, 1.165) is 0 Å². The summed E-state index contributed by atoms with van der Waals surface area (Å²) in [6.07, 6.45) is -0.245. The van der Waals surface area contributed by atoms with Gasteiger partial charge in [-0.2, -0.15) is 0 Å². The fourth-order valence-electron chi connectivity index (χ4n) is 3.06. The standard InChI is InChI=1S/C19H19Cl2NO6/c1-9-14(18(24)27-3)17(15-10(20)6-5-7-11(15)21)16(19(25)28-4)12(22-9)8-13(23)26-2/h5-7,17,22H,8H2,1-4H3. The number of hydrogen-bond donors (Lipinski definition) is 1. The molecule has 0 saturated heterocycles. The average Bonchev–Trinajstić information content (AvgIpc) is 2.66. The first-order valence-corrected chi connectivity index (χ1v) is 8.90. The van der Waals surface area contributed by atoms with E-state index in [4.69, 9.17) is 37.4 Å². The SMILES string of the molecule is COC(=O)CC1=C(C(=O)OC)C(c2c(Cl)cccc2Cl)C(C(=O)OC)=C(C)N1. The highest BCUT2D eigenvalue weighted by Crippen LogP contribution is 2.45. The molecule has 2 rings (SSSR count). The van der Waals surface area contributed by atoms with Crippen LogP contribution in [-0.4, -0.2) is 39.2 Å². The van der Waals surface area contributed by atoms with E-state index in [1.165, 1.54) is 21.3 Å². The van der Waals surface area contributed by atoms with E-state index in [-0.39, 0.29) is 33.3 Å². The summed E-state index contributed by atoms with van der Waals surface area (Å²) in [6.45, 7) is 1.62. The van der Waals surface area contributed by atoms with Crippen LogP contribution in [0, 0.1) is 0 Å². The Morgan fingerprint density at radius 1 is 0.964 bits per heavy atom. The van der Waals surface area contributed by atoms with E-state index < -0.39 is 23.8 Å². The molecule has 0 amide bonds. The lowest BCUT2D eigenvalue weighted by Crippen LogP contribution is -2.34. The van der Waals surface area contributed by atoms with Crippen molar-refractivity contribution in [3.05, 3.63) is 56.3 Å². The summed E-state index contributed by atoms with van der Waals surface area (Å²) >= 11 is 12.7. The maximum atomic E-state index is 12.7. The van der Waals surface area contributed by atoms with Gasteiger partial charge in [0.2, 0.25) is 0 Å². The van der Waals surface area contributed by atoms with E-state index in [9.17, 15) is 14.4 Å². The zero-order chi connectivity index (χ0) is 21.0. The Morgan fingerprint density at radius 3 is 2.00 bits per heavy atom. The monoisotopic (exact) mass is 427 g/mol. The van der Waals surface area contributed by atoms with E-state index in [0.29, 0.717) is 11.3 Å².